The smallest absolute Gasteiger partial charge is 0.245 e. The molecule has 2 aromatic rings. The number of aromatic nitrogens is 2. The number of nitrogens with zero attached hydrogens (tertiary/aromatic N) is 4. The van der Waals surface area contributed by atoms with Crippen LogP contribution in [-0.4, -0.2) is 52.6 Å². The number of likely N-dealkylation sites (tertiary alicyclic amines) is 1. The number of anilines is 1. The van der Waals surface area contributed by atoms with Crippen molar-refractivity contribution >= 4 is 11.7 Å². The molecule has 2 saturated heterocycles. The normalized spacial score (nSPS) is 20.8. The third-order valence-electron chi connectivity index (χ3n) is 7.07. The minimum Gasteiger partial charge on any atom is -0.370 e. The second kappa shape index (κ2) is 7.37. The number of ether oxygens (including phenoxy) is 1. The lowest BCUT2D eigenvalue weighted by Crippen LogP contribution is -2.59. The number of carbonyl (C=O) groups is 1. The Bertz CT molecular complexity index is 1110. The summed E-state index contributed by atoms with van der Waals surface area (Å²) in [7, 11) is 0. The van der Waals surface area contributed by atoms with Gasteiger partial charge in [-0.05, 0) is 45.4 Å². The highest BCUT2D eigenvalue weighted by atomic mass is 19.1. The van der Waals surface area contributed by atoms with Crippen LogP contribution < -0.4 is 4.90 Å². The van der Waals surface area contributed by atoms with Crippen molar-refractivity contribution < 1.29 is 13.9 Å². The molecule has 0 radical (unpaired) electrons. The van der Waals surface area contributed by atoms with E-state index in [-0.39, 0.29) is 22.7 Å². The molecule has 32 heavy (non-hydrogen) atoms. The van der Waals surface area contributed by atoms with Gasteiger partial charge in [0.1, 0.15) is 17.3 Å². The van der Waals surface area contributed by atoms with Crippen molar-refractivity contribution in [2.45, 2.75) is 45.8 Å². The van der Waals surface area contributed by atoms with Crippen molar-refractivity contribution in [3.8, 4) is 11.3 Å². The Balaban J connectivity index is 1.54. The maximum Gasteiger partial charge on any atom is 0.245 e. The molecule has 0 aliphatic carbocycles. The lowest BCUT2D eigenvalue weighted by molar-refractivity contribution is -0.136. The molecule has 7 heteroatoms. The van der Waals surface area contributed by atoms with E-state index >= 15 is 0 Å². The van der Waals surface area contributed by atoms with Gasteiger partial charge >= 0.3 is 0 Å². The third-order valence-corrected chi connectivity index (χ3v) is 7.07. The number of rotatable bonds is 3. The first kappa shape index (κ1) is 21.1. The summed E-state index contributed by atoms with van der Waals surface area (Å²) in [5, 5.41) is 0. The summed E-state index contributed by atoms with van der Waals surface area (Å²) in [6, 6.07) is 3.06. The van der Waals surface area contributed by atoms with E-state index in [2.05, 4.69) is 30.3 Å². The molecule has 2 fully saturated rings. The lowest BCUT2D eigenvalue weighted by Gasteiger charge is -2.47. The number of amides is 1. The van der Waals surface area contributed by atoms with Crippen LogP contribution in [0.2, 0.25) is 0 Å². The average Bonchev–Trinajstić information content (AvgIpc) is 3.18. The second-order valence-corrected chi connectivity index (χ2v) is 9.99. The Morgan fingerprint density at radius 3 is 2.81 bits per heavy atom. The van der Waals surface area contributed by atoms with Gasteiger partial charge in [-0.3, -0.25) is 9.78 Å². The van der Waals surface area contributed by atoms with Crippen LogP contribution in [0.5, 0.6) is 0 Å². The van der Waals surface area contributed by atoms with E-state index in [0.29, 0.717) is 18.7 Å². The molecule has 0 aromatic carbocycles. The fourth-order valence-electron chi connectivity index (χ4n) is 5.41. The van der Waals surface area contributed by atoms with Gasteiger partial charge in [0, 0.05) is 60.9 Å². The molecule has 168 valence electrons. The van der Waals surface area contributed by atoms with Crippen LogP contribution in [0, 0.1) is 18.2 Å². The zero-order valence-electron chi connectivity index (χ0n) is 18.9. The molecule has 0 N–H and O–H groups in total. The molecule has 0 bridgehead atoms. The first-order chi connectivity index (χ1) is 15.2. The molecule has 0 saturated carbocycles. The predicted molar refractivity (Wildman–Crippen MR) is 121 cm³/mol. The fourth-order valence-corrected chi connectivity index (χ4v) is 5.41. The standard InChI is InChI=1S/C25H29FN4O2/c1-5-20(31)30-14-25(15-30)8-10-29(13-25)23-16(2)21(22-18(26)7-6-9-27-22)17-12-32-24(3,4)11-19(17)28-23/h5-7,9H,1,8,10-15H2,2-4H3. The Hall–Kier alpha value is -2.80. The van der Waals surface area contributed by atoms with Gasteiger partial charge in [-0.1, -0.05) is 6.58 Å². The van der Waals surface area contributed by atoms with Crippen molar-refractivity contribution in [1.29, 1.82) is 0 Å². The van der Waals surface area contributed by atoms with Gasteiger partial charge in [-0.2, -0.15) is 0 Å². The molecule has 3 aliphatic rings. The summed E-state index contributed by atoms with van der Waals surface area (Å²) < 4.78 is 20.9. The minimum absolute atomic E-state index is 0.00712. The highest BCUT2D eigenvalue weighted by Gasteiger charge is 2.49. The number of carbonyl (C=O) groups excluding carboxylic acids is 1. The Morgan fingerprint density at radius 2 is 2.09 bits per heavy atom. The highest BCUT2D eigenvalue weighted by Crippen LogP contribution is 2.44. The molecule has 1 amide bonds. The molecule has 0 unspecified atom stereocenters. The largest absolute Gasteiger partial charge is 0.370 e. The summed E-state index contributed by atoms with van der Waals surface area (Å²) in [5.74, 6) is 0.550. The topological polar surface area (TPSA) is 58.6 Å². The van der Waals surface area contributed by atoms with E-state index in [0.717, 1.165) is 60.8 Å². The first-order valence-corrected chi connectivity index (χ1v) is 11.2. The van der Waals surface area contributed by atoms with Crippen molar-refractivity contribution in [2.75, 3.05) is 31.1 Å². The second-order valence-electron chi connectivity index (χ2n) is 9.99. The Kier molecular flexibility index (Phi) is 4.85. The molecule has 5 rings (SSSR count). The van der Waals surface area contributed by atoms with E-state index in [9.17, 15) is 9.18 Å². The summed E-state index contributed by atoms with van der Waals surface area (Å²) >= 11 is 0. The summed E-state index contributed by atoms with van der Waals surface area (Å²) in [5.41, 5.74) is 3.76. The average molecular weight is 437 g/mol. The minimum atomic E-state index is -0.338. The number of halogens is 1. The van der Waals surface area contributed by atoms with Crippen LogP contribution in [0.4, 0.5) is 10.2 Å². The van der Waals surface area contributed by atoms with Crippen LogP contribution in [0.3, 0.4) is 0 Å². The van der Waals surface area contributed by atoms with Crippen LogP contribution in [0.1, 0.15) is 37.1 Å². The van der Waals surface area contributed by atoms with Crippen LogP contribution in [0.15, 0.2) is 31.0 Å². The number of hydrogen-bond donors (Lipinski definition) is 0. The Labute approximate surface area is 188 Å². The van der Waals surface area contributed by atoms with Crippen molar-refractivity contribution in [2.24, 2.45) is 5.41 Å². The predicted octanol–water partition coefficient (Wildman–Crippen LogP) is 3.67. The molecular weight excluding hydrogens is 407 g/mol. The SMILES string of the molecule is C=CC(=O)N1CC2(CCN(c3nc4c(c(-c5ncccc5F)c3C)COC(C)(C)C4)C2)C1. The maximum atomic E-state index is 14.8. The van der Waals surface area contributed by atoms with Gasteiger partial charge in [0.2, 0.25) is 5.91 Å². The maximum absolute atomic E-state index is 14.8. The van der Waals surface area contributed by atoms with Crippen molar-refractivity contribution in [3.05, 3.63) is 53.6 Å². The van der Waals surface area contributed by atoms with E-state index in [4.69, 9.17) is 9.72 Å². The lowest BCUT2D eigenvalue weighted by atomic mass is 9.79. The van der Waals surface area contributed by atoms with Crippen LogP contribution in [-0.2, 0) is 22.6 Å². The number of pyridine rings is 2. The van der Waals surface area contributed by atoms with E-state index < -0.39 is 0 Å². The monoisotopic (exact) mass is 436 g/mol. The van der Waals surface area contributed by atoms with Gasteiger partial charge in [0.15, 0.2) is 0 Å². The molecule has 5 heterocycles. The molecule has 3 aliphatic heterocycles. The Morgan fingerprint density at radius 1 is 1.31 bits per heavy atom. The van der Waals surface area contributed by atoms with Crippen molar-refractivity contribution in [1.82, 2.24) is 14.9 Å². The quantitative estimate of drug-likeness (QED) is 0.688. The van der Waals surface area contributed by atoms with Crippen LogP contribution >= 0.6 is 0 Å². The van der Waals surface area contributed by atoms with Crippen LogP contribution in [0.25, 0.3) is 11.3 Å². The van der Waals surface area contributed by atoms with Gasteiger partial charge in [0.25, 0.3) is 0 Å². The third kappa shape index (κ3) is 3.39. The van der Waals surface area contributed by atoms with Gasteiger partial charge in [0.05, 0.1) is 17.9 Å². The highest BCUT2D eigenvalue weighted by molar-refractivity contribution is 5.87. The summed E-state index contributed by atoms with van der Waals surface area (Å²) in [6.07, 6.45) is 4.68. The van der Waals surface area contributed by atoms with E-state index in [1.165, 1.54) is 12.1 Å². The van der Waals surface area contributed by atoms with Gasteiger partial charge in [-0.25, -0.2) is 9.37 Å². The molecule has 6 nitrogen and oxygen atoms in total. The first-order valence-electron chi connectivity index (χ1n) is 11.2. The number of fused-ring (bicyclic) bond motifs is 1. The molecular formula is C25H29FN4O2. The molecule has 0 atom stereocenters. The van der Waals surface area contributed by atoms with E-state index in [1.54, 1.807) is 12.3 Å². The summed E-state index contributed by atoms with van der Waals surface area (Å²) in [6.45, 7) is 13.3. The van der Waals surface area contributed by atoms with Crippen molar-refractivity contribution in [3.63, 3.8) is 0 Å². The van der Waals surface area contributed by atoms with E-state index in [1.807, 2.05) is 11.8 Å². The fraction of sp³-hybridized carbons (Fsp3) is 0.480. The zero-order chi connectivity index (χ0) is 22.7. The number of hydrogen-bond acceptors (Lipinski definition) is 5. The van der Waals surface area contributed by atoms with Gasteiger partial charge < -0.3 is 14.5 Å². The van der Waals surface area contributed by atoms with Gasteiger partial charge in [-0.15, -0.1) is 0 Å². The summed E-state index contributed by atoms with van der Waals surface area (Å²) in [4.78, 5) is 25.6. The molecule has 2 aromatic heterocycles. The molecule has 1 spiro atoms. The zero-order valence-corrected chi connectivity index (χ0v) is 18.9.